The molecule has 0 aliphatic carbocycles. The molecule has 2 nitrogen and oxygen atoms in total. The van der Waals surface area contributed by atoms with Crippen LogP contribution in [0.15, 0.2) is 35.7 Å². The second-order valence-corrected chi connectivity index (χ2v) is 4.97. The summed E-state index contributed by atoms with van der Waals surface area (Å²) >= 11 is 1.56. The first kappa shape index (κ1) is 12.8. The molecule has 0 saturated carbocycles. The van der Waals surface area contributed by atoms with Crippen LogP contribution in [-0.2, 0) is 17.6 Å². The number of thiophene rings is 1. The van der Waals surface area contributed by atoms with Crippen LogP contribution in [0.5, 0.6) is 5.75 Å². The van der Waals surface area contributed by atoms with Crippen molar-refractivity contribution < 1.29 is 13.9 Å². The molecule has 0 bridgehead atoms. The number of carbonyl (C=O) groups excluding carboxylic acids is 1. The van der Waals surface area contributed by atoms with E-state index in [1.807, 2.05) is 17.5 Å². The summed E-state index contributed by atoms with van der Waals surface area (Å²) in [7, 11) is 1.42. The predicted molar refractivity (Wildman–Crippen MR) is 69.7 cm³/mol. The lowest BCUT2D eigenvalue weighted by molar-refractivity contribution is -0.117. The van der Waals surface area contributed by atoms with E-state index in [0.29, 0.717) is 12.0 Å². The van der Waals surface area contributed by atoms with E-state index in [9.17, 15) is 9.18 Å². The number of hydrogen-bond acceptors (Lipinski definition) is 3. The van der Waals surface area contributed by atoms with Crippen LogP contribution in [0.4, 0.5) is 4.39 Å². The summed E-state index contributed by atoms with van der Waals surface area (Å²) < 4.78 is 18.3. The third kappa shape index (κ3) is 3.17. The van der Waals surface area contributed by atoms with Gasteiger partial charge in [0, 0.05) is 17.7 Å². The number of methoxy groups -OCH3 is 1. The molecule has 0 fully saturated rings. The van der Waals surface area contributed by atoms with Crippen LogP contribution in [0.2, 0.25) is 0 Å². The Morgan fingerprint density at radius 2 is 2.17 bits per heavy atom. The maximum atomic E-state index is 13.4. The van der Waals surface area contributed by atoms with Crippen LogP contribution < -0.4 is 4.74 Å². The van der Waals surface area contributed by atoms with E-state index >= 15 is 0 Å². The Kier molecular flexibility index (Phi) is 4.10. The molecular weight excluding hydrogens is 251 g/mol. The molecule has 0 spiro atoms. The van der Waals surface area contributed by atoms with Crippen molar-refractivity contribution in [1.82, 2.24) is 0 Å². The van der Waals surface area contributed by atoms with Crippen molar-refractivity contribution in [2.75, 3.05) is 7.11 Å². The number of Topliss-reactive ketones (excluding diaryl/α,β-unsaturated/α-hetero) is 1. The van der Waals surface area contributed by atoms with Crippen molar-refractivity contribution in [1.29, 1.82) is 0 Å². The largest absolute Gasteiger partial charge is 0.494 e. The molecule has 4 heteroatoms. The Labute approximate surface area is 109 Å². The van der Waals surface area contributed by atoms with E-state index in [1.54, 1.807) is 23.5 Å². The normalized spacial score (nSPS) is 10.3. The molecule has 1 heterocycles. The zero-order valence-electron chi connectivity index (χ0n) is 9.98. The Balaban J connectivity index is 2.01. The van der Waals surface area contributed by atoms with Crippen LogP contribution in [0.1, 0.15) is 10.4 Å². The van der Waals surface area contributed by atoms with Gasteiger partial charge in [0.05, 0.1) is 7.11 Å². The van der Waals surface area contributed by atoms with Crippen LogP contribution in [-0.4, -0.2) is 12.9 Å². The number of benzene rings is 1. The molecule has 18 heavy (non-hydrogen) atoms. The third-order valence-electron chi connectivity index (χ3n) is 2.57. The number of ketones is 1. The van der Waals surface area contributed by atoms with Crippen LogP contribution in [0.25, 0.3) is 0 Å². The van der Waals surface area contributed by atoms with Gasteiger partial charge in [-0.05, 0) is 29.1 Å². The fourth-order valence-corrected chi connectivity index (χ4v) is 2.45. The fraction of sp³-hybridized carbons (Fsp3) is 0.214. The molecule has 0 atom stereocenters. The lowest BCUT2D eigenvalue weighted by atomic mass is 10.1. The molecule has 0 unspecified atom stereocenters. The summed E-state index contributed by atoms with van der Waals surface area (Å²) in [6.07, 6.45) is 0.657. The molecule has 0 radical (unpaired) electrons. The molecule has 2 aromatic rings. The lowest BCUT2D eigenvalue weighted by Gasteiger charge is -2.04. The Hall–Kier alpha value is -1.68. The van der Waals surface area contributed by atoms with E-state index < -0.39 is 5.82 Å². The van der Waals surface area contributed by atoms with Crippen molar-refractivity contribution >= 4 is 17.1 Å². The van der Waals surface area contributed by atoms with Crippen molar-refractivity contribution in [3.63, 3.8) is 0 Å². The molecule has 0 aliphatic heterocycles. The van der Waals surface area contributed by atoms with Gasteiger partial charge in [-0.15, -0.1) is 11.3 Å². The highest BCUT2D eigenvalue weighted by molar-refractivity contribution is 7.10. The molecule has 0 aliphatic rings. The summed E-state index contributed by atoms with van der Waals surface area (Å²) in [4.78, 5) is 12.8. The zero-order chi connectivity index (χ0) is 13.0. The maximum absolute atomic E-state index is 13.4. The highest BCUT2D eigenvalue weighted by atomic mass is 32.1. The molecule has 0 amide bonds. The average Bonchev–Trinajstić information content (AvgIpc) is 2.82. The first-order valence-corrected chi connectivity index (χ1v) is 6.43. The van der Waals surface area contributed by atoms with Gasteiger partial charge in [0.25, 0.3) is 0 Å². The summed E-state index contributed by atoms with van der Waals surface area (Å²) in [5.74, 6) is -0.148. The second-order valence-electron chi connectivity index (χ2n) is 3.94. The molecule has 94 valence electrons. The standard InChI is InChI=1S/C14H13FO2S/c1-17-14-5-4-10(8-13(14)15)7-11(16)9-12-3-2-6-18-12/h2-6,8H,7,9H2,1H3. The van der Waals surface area contributed by atoms with E-state index in [-0.39, 0.29) is 18.0 Å². The van der Waals surface area contributed by atoms with Gasteiger partial charge in [-0.1, -0.05) is 12.1 Å². The Morgan fingerprint density at radius 1 is 1.33 bits per heavy atom. The second kappa shape index (κ2) is 5.78. The highest BCUT2D eigenvalue weighted by Gasteiger charge is 2.09. The smallest absolute Gasteiger partial charge is 0.165 e. The van der Waals surface area contributed by atoms with Crippen molar-refractivity contribution in [2.24, 2.45) is 0 Å². The maximum Gasteiger partial charge on any atom is 0.165 e. The SMILES string of the molecule is COc1ccc(CC(=O)Cc2cccs2)cc1F. The monoisotopic (exact) mass is 264 g/mol. The summed E-state index contributed by atoms with van der Waals surface area (Å²) in [5, 5.41) is 1.94. The third-order valence-corrected chi connectivity index (χ3v) is 3.45. The zero-order valence-corrected chi connectivity index (χ0v) is 10.8. The Bertz CT molecular complexity index is 535. The van der Waals surface area contributed by atoms with Crippen molar-refractivity contribution in [3.8, 4) is 5.75 Å². The summed E-state index contributed by atoms with van der Waals surface area (Å²) in [6, 6.07) is 8.46. The van der Waals surface area contributed by atoms with E-state index in [2.05, 4.69) is 0 Å². The van der Waals surface area contributed by atoms with Gasteiger partial charge in [-0.3, -0.25) is 4.79 Å². The van der Waals surface area contributed by atoms with Crippen LogP contribution >= 0.6 is 11.3 Å². The van der Waals surface area contributed by atoms with E-state index in [4.69, 9.17) is 4.74 Å². The topological polar surface area (TPSA) is 26.3 Å². The quantitative estimate of drug-likeness (QED) is 0.828. The number of hydrogen-bond donors (Lipinski definition) is 0. The van der Waals surface area contributed by atoms with Gasteiger partial charge in [0.2, 0.25) is 0 Å². The number of carbonyl (C=O) groups is 1. The minimum absolute atomic E-state index is 0.0852. The van der Waals surface area contributed by atoms with E-state index in [1.165, 1.54) is 13.2 Å². The molecular formula is C14H13FO2S. The van der Waals surface area contributed by atoms with Crippen LogP contribution in [0.3, 0.4) is 0 Å². The number of halogens is 1. The lowest BCUT2D eigenvalue weighted by Crippen LogP contribution is -2.05. The van der Waals surface area contributed by atoms with E-state index in [0.717, 1.165) is 4.88 Å². The first-order chi connectivity index (χ1) is 8.69. The van der Waals surface area contributed by atoms with Gasteiger partial charge in [-0.2, -0.15) is 0 Å². The van der Waals surface area contributed by atoms with Crippen LogP contribution in [0, 0.1) is 5.82 Å². The minimum Gasteiger partial charge on any atom is -0.494 e. The molecule has 0 saturated heterocycles. The fourth-order valence-electron chi connectivity index (χ4n) is 1.72. The predicted octanol–water partition coefficient (Wildman–Crippen LogP) is 3.25. The Morgan fingerprint density at radius 3 is 2.78 bits per heavy atom. The van der Waals surface area contributed by atoms with Gasteiger partial charge >= 0.3 is 0 Å². The van der Waals surface area contributed by atoms with Gasteiger partial charge in [-0.25, -0.2) is 4.39 Å². The minimum atomic E-state index is -0.432. The van der Waals surface area contributed by atoms with Gasteiger partial charge < -0.3 is 4.74 Å². The molecule has 2 rings (SSSR count). The highest BCUT2D eigenvalue weighted by Crippen LogP contribution is 2.18. The van der Waals surface area contributed by atoms with Gasteiger partial charge in [0.1, 0.15) is 5.78 Å². The van der Waals surface area contributed by atoms with Crippen molar-refractivity contribution in [3.05, 3.63) is 52.0 Å². The average molecular weight is 264 g/mol. The molecule has 1 aromatic carbocycles. The molecule has 1 aromatic heterocycles. The summed E-state index contributed by atoms with van der Waals surface area (Å²) in [5.41, 5.74) is 0.676. The first-order valence-electron chi connectivity index (χ1n) is 5.55. The number of ether oxygens (including phenoxy) is 1. The van der Waals surface area contributed by atoms with Crippen molar-refractivity contribution in [2.45, 2.75) is 12.8 Å². The summed E-state index contributed by atoms with van der Waals surface area (Å²) in [6.45, 7) is 0. The van der Waals surface area contributed by atoms with Gasteiger partial charge in [0.15, 0.2) is 11.6 Å². The number of rotatable bonds is 5. The molecule has 0 N–H and O–H groups in total.